The fraction of sp³-hybridized carbons (Fsp3) is 0.462. The summed E-state index contributed by atoms with van der Waals surface area (Å²) in [7, 11) is 0. The zero-order valence-corrected chi connectivity index (χ0v) is 10.5. The summed E-state index contributed by atoms with van der Waals surface area (Å²) in [5.41, 5.74) is 0.743. The quantitative estimate of drug-likeness (QED) is 0.501. The van der Waals surface area contributed by atoms with Crippen molar-refractivity contribution >= 4 is 5.97 Å². The maximum absolute atomic E-state index is 11.8. The summed E-state index contributed by atoms with van der Waals surface area (Å²) in [4.78, 5) is 11.8. The second-order valence-corrected chi connectivity index (χ2v) is 4.51. The lowest BCUT2D eigenvalue weighted by molar-refractivity contribution is -0.281. The number of hydrogen-bond acceptors (Lipinski definition) is 7. The van der Waals surface area contributed by atoms with Crippen LogP contribution in [0.2, 0.25) is 0 Å². The van der Waals surface area contributed by atoms with Crippen molar-refractivity contribution in [2.75, 3.05) is 0 Å². The second kappa shape index (κ2) is 6.29. The highest BCUT2D eigenvalue weighted by Gasteiger charge is 2.46. The van der Waals surface area contributed by atoms with Gasteiger partial charge in [0.15, 0.2) is 12.4 Å². The molecule has 1 saturated heterocycles. The van der Waals surface area contributed by atoms with E-state index in [0.29, 0.717) is 0 Å². The molecule has 2 rings (SSSR count). The monoisotopic (exact) mass is 284 g/mol. The average molecular weight is 284 g/mol. The highest BCUT2D eigenvalue weighted by molar-refractivity contribution is 5.75. The van der Waals surface area contributed by atoms with Crippen LogP contribution < -0.4 is 0 Å². The van der Waals surface area contributed by atoms with Gasteiger partial charge >= 0.3 is 5.97 Å². The number of ether oxygens (including phenoxy) is 2. The van der Waals surface area contributed by atoms with Crippen LogP contribution in [-0.2, 0) is 20.9 Å². The van der Waals surface area contributed by atoms with Gasteiger partial charge in [-0.1, -0.05) is 30.3 Å². The molecule has 0 bridgehead atoms. The Labute approximate surface area is 115 Å². The van der Waals surface area contributed by atoms with Gasteiger partial charge in [0.2, 0.25) is 0 Å². The first-order valence-electron chi connectivity index (χ1n) is 6.09. The number of carbonyl (C=O) groups is 1. The SMILES string of the molecule is O=C(OCc1ccccc1)[C@@H]1O[C@@H](O)[C@@H](O)[C@@H](O)[C@@H]1O. The zero-order chi connectivity index (χ0) is 14.7. The van der Waals surface area contributed by atoms with Crippen molar-refractivity contribution in [1.29, 1.82) is 0 Å². The lowest BCUT2D eigenvalue weighted by Crippen LogP contribution is -2.59. The molecule has 1 aromatic carbocycles. The van der Waals surface area contributed by atoms with Crippen LogP contribution >= 0.6 is 0 Å². The molecular formula is C13H16O7. The summed E-state index contributed by atoms with van der Waals surface area (Å²) in [5.74, 6) is -0.925. The van der Waals surface area contributed by atoms with Crippen LogP contribution in [0, 0.1) is 0 Å². The highest BCUT2D eigenvalue weighted by atomic mass is 16.7. The molecule has 1 aromatic rings. The molecule has 110 valence electrons. The van der Waals surface area contributed by atoms with Gasteiger partial charge in [-0.05, 0) is 5.56 Å². The summed E-state index contributed by atoms with van der Waals surface area (Å²) in [6.07, 6.45) is -8.34. The minimum atomic E-state index is -1.76. The predicted octanol–water partition coefficient (Wildman–Crippen LogP) is -1.47. The van der Waals surface area contributed by atoms with E-state index in [-0.39, 0.29) is 6.61 Å². The highest BCUT2D eigenvalue weighted by Crippen LogP contribution is 2.21. The van der Waals surface area contributed by atoms with Gasteiger partial charge < -0.3 is 29.9 Å². The molecule has 0 aliphatic carbocycles. The molecule has 0 amide bonds. The molecule has 5 atom stereocenters. The minimum absolute atomic E-state index is 0.0268. The predicted molar refractivity (Wildman–Crippen MR) is 65.1 cm³/mol. The van der Waals surface area contributed by atoms with Gasteiger partial charge in [-0.3, -0.25) is 0 Å². The van der Waals surface area contributed by atoms with Crippen molar-refractivity contribution in [3.05, 3.63) is 35.9 Å². The minimum Gasteiger partial charge on any atom is -0.459 e. The van der Waals surface area contributed by atoms with E-state index in [1.165, 1.54) is 0 Å². The summed E-state index contributed by atoms with van der Waals surface area (Å²) >= 11 is 0. The number of aliphatic hydroxyl groups excluding tert-OH is 4. The first kappa shape index (κ1) is 14.9. The smallest absolute Gasteiger partial charge is 0.338 e. The fourth-order valence-electron chi connectivity index (χ4n) is 1.87. The van der Waals surface area contributed by atoms with Crippen molar-refractivity contribution < 1.29 is 34.7 Å². The van der Waals surface area contributed by atoms with Crippen LogP contribution in [-0.4, -0.2) is 57.1 Å². The Kier molecular flexibility index (Phi) is 4.69. The molecule has 7 heteroatoms. The number of rotatable bonds is 3. The van der Waals surface area contributed by atoms with E-state index in [2.05, 4.69) is 0 Å². The van der Waals surface area contributed by atoms with E-state index in [4.69, 9.17) is 9.47 Å². The van der Waals surface area contributed by atoms with Gasteiger partial charge in [0.1, 0.15) is 24.9 Å². The van der Waals surface area contributed by atoms with Crippen LogP contribution in [0.25, 0.3) is 0 Å². The Hall–Kier alpha value is -1.51. The summed E-state index contributed by atoms with van der Waals surface area (Å²) in [6, 6.07) is 8.86. The molecule has 0 unspecified atom stereocenters. The Balaban J connectivity index is 1.95. The van der Waals surface area contributed by atoms with E-state index in [1.54, 1.807) is 24.3 Å². The molecule has 1 aliphatic heterocycles. The Morgan fingerprint density at radius 2 is 1.70 bits per heavy atom. The Morgan fingerprint density at radius 1 is 1.05 bits per heavy atom. The Morgan fingerprint density at radius 3 is 2.35 bits per heavy atom. The first-order chi connectivity index (χ1) is 9.50. The normalized spacial score (nSPS) is 33.7. The average Bonchev–Trinajstić information content (AvgIpc) is 2.47. The maximum Gasteiger partial charge on any atom is 0.338 e. The van der Waals surface area contributed by atoms with Crippen LogP contribution in [0.4, 0.5) is 0 Å². The molecule has 4 N–H and O–H groups in total. The van der Waals surface area contributed by atoms with Crippen molar-refractivity contribution in [3.63, 3.8) is 0 Å². The van der Waals surface area contributed by atoms with E-state index >= 15 is 0 Å². The first-order valence-corrected chi connectivity index (χ1v) is 6.09. The fourth-order valence-corrected chi connectivity index (χ4v) is 1.87. The van der Waals surface area contributed by atoms with Gasteiger partial charge in [0.25, 0.3) is 0 Å². The molecule has 7 nitrogen and oxygen atoms in total. The van der Waals surface area contributed by atoms with Crippen molar-refractivity contribution in [1.82, 2.24) is 0 Å². The van der Waals surface area contributed by atoms with E-state index in [9.17, 15) is 25.2 Å². The molecule has 1 fully saturated rings. The lowest BCUT2D eigenvalue weighted by atomic mass is 9.99. The molecule has 0 saturated carbocycles. The topological polar surface area (TPSA) is 116 Å². The van der Waals surface area contributed by atoms with Crippen LogP contribution in [0.15, 0.2) is 30.3 Å². The van der Waals surface area contributed by atoms with Gasteiger partial charge in [0.05, 0.1) is 0 Å². The van der Waals surface area contributed by atoms with E-state index in [1.807, 2.05) is 6.07 Å². The number of aliphatic hydroxyl groups is 4. The molecular weight excluding hydrogens is 268 g/mol. The second-order valence-electron chi connectivity index (χ2n) is 4.51. The zero-order valence-electron chi connectivity index (χ0n) is 10.5. The summed E-state index contributed by atoms with van der Waals surface area (Å²) in [5, 5.41) is 37.7. The molecule has 1 heterocycles. The molecule has 0 radical (unpaired) electrons. The Bertz CT molecular complexity index is 449. The van der Waals surface area contributed by atoms with Crippen LogP contribution in [0.3, 0.4) is 0 Å². The van der Waals surface area contributed by atoms with Crippen LogP contribution in [0.5, 0.6) is 0 Å². The van der Waals surface area contributed by atoms with E-state index < -0.39 is 36.7 Å². The standard InChI is InChI=1S/C13H16O7/c14-8-9(15)11(20-12(17)10(8)16)13(18)19-6-7-4-2-1-3-5-7/h1-5,8-12,14-17H,6H2/t8-,9-,10-,11+,12+/m0/s1. The largest absolute Gasteiger partial charge is 0.459 e. The van der Waals surface area contributed by atoms with Crippen molar-refractivity contribution in [2.24, 2.45) is 0 Å². The van der Waals surface area contributed by atoms with Gasteiger partial charge in [0, 0.05) is 0 Å². The van der Waals surface area contributed by atoms with Gasteiger partial charge in [-0.2, -0.15) is 0 Å². The van der Waals surface area contributed by atoms with E-state index in [0.717, 1.165) is 5.56 Å². The molecule has 1 aliphatic rings. The molecule has 0 spiro atoms. The van der Waals surface area contributed by atoms with Crippen molar-refractivity contribution in [2.45, 2.75) is 37.3 Å². The number of esters is 1. The third-order valence-corrected chi connectivity index (χ3v) is 3.04. The van der Waals surface area contributed by atoms with Gasteiger partial charge in [-0.15, -0.1) is 0 Å². The third-order valence-electron chi connectivity index (χ3n) is 3.04. The maximum atomic E-state index is 11.8. The summed E-state index contributed by atoms with van der Waals surface area (Å²) < 4.78 is 9.69. The number of carbonyl (C=O) groups excluding carboxylic acids is 1. The van der Waals surface area contributed by atoms with Gasteiger partial charge in [-0.25, -0.2) is 4.79 Å². The van der Waals surface area contributed by atoms with Crippen molar-refractivity contribution in [3.8, 4) is 0 Å². The van der Waals surface area contributed by atoms with Crippen LogP contribution in [0.1, 0.15) is 5.56 Å². The molecule has 20 heavy (non-hydrogen) atoms. The third kappa shape index (κ3) is 3.14. The summed E-state index contributed by atoms with van der Waals surface area (Å²) in [6.45, 7) is -0.0268. The lowest BCUT2D eigenvalue weighted by Gasteiger charge is -2.36. The number of benzene rings is 1. The number of hydrogen-bond donors (Lipinski definition) is 4. The molecule has 0 aromatic heterocycles.